The summed E-state index contributed by atoms with van der Waals surface area (Å²) in [6.45, 7) is 5.00. The fraction of sp³-hybridized carbons (Fsp3) is 0.217. The van der Waals surface area contributed by atoms with Crippen LogP contribution in [0.1, 0.15) is 29.2 Å². The average Bonchev–Trinajstić information content (AvgIpc) is 2.92. The molecule has 4 rings (SSSR count). The minimum absolute atomic E-state index is 0.266. The van der Waals surface area contributed by atoms with E-state index in [4.69, 9.17) is 9.47 Å². The van der Waals surface area contributed by atoms with Crippen molar-refractivity contribution in [2.45, 2.75) is 18.2 Å². The Morgan fingerprint density at radius 1 is 0.885 bits per heavy atom. The van der Waals surface area contributed by atoms with E-state index in [1.54, 1.807) is 0 Å². The lowest BCUT2D eigenvalue weighted by Crippen LogP contribution is -2.18. The van der Waals surface area contributed by atoms with Gasteiger partial charge in [0.25, 0.3) is 0 Å². The standard InChI is InChI=1S/C23H21BrO2/c1-3-25-15-26-18-11-12-20-19-9-4-5-10-21(19)23(24,22(20)14-18)17-8-6-7-16(2)13-17/h4-14H,3,15H2,1-2H3. The lowest BCUT2D eigenvalue weighted by atomic mass is 9.88. The van der Waals surface area contributed by atoms with E-state index in [-0.39, 0.29) is 11.1 Å². The van der Waals surface area contributed by atoms with Crippen molar-refractivity contribution in [3.05, 3.63) is 89.0 Å². The molecule has 1 unspecified atom stereocenters. The van der Waals surface area contributed by atoms with Crippen LogP contribution < -0.4 is 4.74 Å². The Bertz CT molecular complexity index is 950. The smallest absolute Gasteiger partial charge is 0.189 e. The predicted molar refractivity (Wildman–Crippen MR) is 109 cm³/mol. The summed E-state index contributed by atoms with van der Waals surface area (Å²) >= 11 is 4.11. The van der Waals surface area contributed by atoms with E-state index in [1.165, 1.54) is 33.4 Å². The molecule has 0 aromatic heterocycles. The normalized spacial score (nSPS) is 17.7. The highest BCUT2D eigenvalue weighted by atomic mass is 79.9. The fourth-order valence-corrected chi connectivity index (χ4v) is 4.58. The van der Waals surface area contributed by atoms with Gasteiger partial charge in [0.2, 0.25) is 0 Å². The zero-order valence-corrected chi connectivity index (χ0v) is 16.5. The molecule has 3 aromatic carbocycles. The second-order valence-electron chi connectivity index (χ2n) is 6.54. The van der Waals surface area contributed by atoms with Crippen molar-refractivity contribution < 1.29 is 9.47 Å². The van der Waals surface area contributed by atoms with Crippen LogP contribution >= 0.6 is 15.9 Å². The first-order valence-electron chi connectivity index (χ1n) is 8.85. The van der Waals surface area contributed by atoms with Crippen LogP contribution in [0, 0.1) is 6.92 Å². The van der Waals surface area contributed by atoms with Crippen LogP contribution in [-0.2, 0) is 9.06 Å². The molecular formula is C23H21BrO2. The van der Waals surface area contributed by atoms with Gasteiger partial charge < -0.3 is 9.47 Å². The first kappa shape index (κ1) is 17.3. The molecule has 0 radical (unpaired) electrons. The Labute approximate surface area is 162 Å². The number of hydrogen-bond acceptors (Lipinski definition) is 2. The summed E-state index contributed by atoms with van der Waals surface area (Å²) in [4.78, 5) is 0. The van der Waals surface area contributed by atoms with Gasteiger partial charge in [0.1, 0.15) is 10.1 Å². The number of ether oxygens (including phenoxy) is 2. The molecular weight excluding hydrogens is 388 g/mol. The summed E-state index contributed by atoms with van der Waals surface area (Å²) in [5.41, 5.74) is 7.45. The molecule has 0 saturated heterocycles. The molecule has 1 aliphatic rings. The van der Waals surface area contributed by atoms with Gasteiger partial charge in [0.05, 0.1) is 0 Å². The maximum Gasteiger partial charge on any atom is 0.189 e. The van der Waals surface area contributed by atoms with Crippen LogP contribution in [0.15, 0.2) is 66.7 Å². The van der Waals surface area contributed by atoms with Crippen molar-refractivity contribution in [2.75, 3.05) is 13.4 Å². The lowest BCUT2D eigenvalue weighted by molar-refractivity contribution is 0.0224. The van der Waals surface area contributed by atoms with E-state index >= 15 is 0 Å². The van der Waals surface area contributed by atoms with Crippen LogP contribution in [0.2, 0.25) is 0 Å². The Hall–Kier alpha value is -2.10. The van der Waals surface area contributed by atoms with Gasteiger partial charge >= 0.3 is 0 Å². The zero-order valence-electron chi connectivity index (χ0n) is 15.0. The molecule has 3 heteroatoms. The van der Waals surface area contributed by atoms with E-state index in [1.807, 2.05) is 13.0 Å². The Morgan fingerprint density at radius 2 is 1.69 bits per heavy atom. The van der Waals surface area contributed by atoms with E-state index in [0.717, 1.165) is 5.75 Å². The molecule has 0 spiro atoms. The molecule has 132 valence electrons. The van der Waals surface area contributed by atoms with E-state index in [2.05, 4.69) is 83.5 Å². The van der Waals surface area contributed by atoms with Gasteiger partial charge in [-0.15, -0.1) is 0 Å². The van der Waals surface area contributed by atoms with Crippen molar-refractivity contribution in [3.63, 3.8) is 0 Å². The van der Waals surface area contributed by atoms with E-state index in [0.29, 0.717) is 6.61 Å². The Balaban J connectivity index is 1.88. The average molecular weight is 409 g/mol. The molecule has 0 aliphatic heterocycles. The van der Waals surface area contributed by atoms with Crippen LogP contribution in [0.4, 0.5) is 0 Å². The number of halogens is 1. The number of rotatable bonds is 5. The third kappa shape index (κ3) is 2.76. The molecule has 0 N–H and O–H groups in total. The molecule has 0 bridgehead atoms. The summed E-state index contributed by atoms with van der Waals surface area (Å²) in [5.74, 6) is 0.821. The molecule has 2 nitrogen and oxygen atoms in total. The molecule has 0 fully saturated rings. The van der Waals surface area contributed by atoms with Crippen LogP contribution in [0.25, 0.3) is 11.1 Å². The summed E-state index contributed by atoms with van der Waals surface area (Å²) in [6.07, 6.45) is 0. The second-order valence-corrected chi connectivity index (χ2v) is 7.73. The third-order valence-electron chi connectivity index (χ3n) is 4.88. The maximum atomic E-state index is 5.78. The predicted octanol–water partition coefficient (Wildman–Crippen LogP) is 6.04. The van der Waals surface area contributed by atoms with Crippen LogP contribution in [0.3, 0.4) is 0 Å². The quantitative estimate of drug-likeness (QED) is 0.291. The van der Waals surface area contributed by atoms with Gasteiger partial charge in [-0.05, 0) is 53.8 Å². The van der Waals surface area contributed by atoms with Gasteiger partial charge in [-0.3, -0.25) is 0 Å². The van der Waals surface area contributed by atoms with Gasteiger partial charge in [-0.25, -0.2) is 0 Å². The lowest BCUT2D eigenvalue weighted by Gasteiger charge is -2.26. The highest BCUT2D eigenvalue weighted by Crippen LogP contribution is 2.56. The molecule has 0 heterocycles. The third-order valence-corrected chi connectivity index (χ3v) is 6.19. The highest BCUT2D eigenvalue weighted by molar-refractivity contribution is 9.10. The summed E-state index contributed by atoms with van der Waals surface area (Å²) in [5, 5.41) is 0. The van der Waals surface area contributed by atoms with Crippen molar-refractivity contribution in [1.29, 1.82) is 0 Å². The largest absolute Gasteiger partial charge is 0.468 e. The minimum atomic E-state index is -0.379. The summed E-state index contributed by atoms with van der Waals surface area (Å²) < 4.78 is 10.7. The topological polar surface area (TPSA) is 18.5 Å². The van der Waals surface area contributed by atoms with Gasteiger partial charge in [0.15, 0.2) is 6.79 Å². The van der Waals surface area contributed by atoms with Crippen molar-refractivity contribution in [1.82, 2.24) is 0 Å². The maximum absolute atomic E-state index is 5.78. The first-order chi connectivity index (χ1) is 12.6. The number of aryl methyl sites for hydroxylation is 1. The fourth-order valence-electron chi connectivity index (χ4n) is 3.66. The van der Waals surface area contributed by atoms with Crippen LogP contribution in [-0.4, -0.2) is 13.4 Å². The molecule has 0 saturated carbocycles. The highest BCUT2D eigenvalue weighted by Gasteiger charge is 2.42. The minimum Gasteiger partial charge on any atom is -0.468 e. The van der Waals surface area contributed by atoms with E-state index in [9.17, 15) is 0 Å². The Kier molecular flexibility index (Phi) is 4.60. The van der Waals surface area contributed by atoms with E-state index < -0.39 is 0 Å². The van der Waals surface area contributed by atoms with Gasteiger partial charge in [-0.2, -0.15) is 0 Å². The monoisotopic (exact) mass is 408 g/mol. The second kappa shape index (κ2) is 6.90. The molecule has 0 amide bonds. The van der Waals surface area contributed by atoms with Crippen molar-refractivity contribution >= 4 is 15.9 Å². The molecule has 26 heavy (non-hydrogen) atoms. The molecule has 1 atom stereocenters. The number of hydrogen-bond donors (Lipinski definition) is 0. The SMILES string of the molecule is CCOCOc1ccc2c(c1)C(Br)(c1cccc(C)c1)c1ccccc1-2. The number of benzene rings is 3. The number of fused-ring (bicyclic) bond motifs is 3. The van der Waals surface area contributed by atoms with Crippen LogP contribution in [0.5, 0.6) is 5.75 Å². The van der Waals surface area contributed by atoms with Crippen molar-refractivity contribution in [2.24, 2.45) is 0 Å². The zero-order chi connectivity index (χ0) is 18.1. The first-order valence-corrected chi connectivity index (χ1v) is 9.65. The molecule has 3 aromatic rings. The van der Waals surface area contributed by atoms with Crippen molar-refractivity contribution in [3.8, 4) is 16.9 Å². The number of alkyl halides is 1. The Morgan fingerprint density at radius 3 is 2.50 bits per heavy atom. The summed E-state index contributed by atoms with van der Waals surface area (Å²) in [6, 6.07) is 23.5. The summed E-state index contributed by atoms with van der Waals surface area (Å²) in [7, 11) is 0. The molecule has 1 aliphatic carbocycles. The van der Waals surface area contributed by atoms with Gasteiger partial charge in [-0.1, -0.05) is 76.1 Å². The van der Waals surface area contributed by atoms with Gasteiger partial charge in [0, 0.05) is 6.61 Å².